The van der Waals surface area contributed by atoms with Crippen LogP contribution in [-0.2, 0) is 22.7 Å². The topological polar surface area (TPSA) is 50.4 Å². The summed E-state index contributed by atoms with van der Waals surface area (Å²) >= 11 is 0. The highest BCUT2D eigenvalue weighted by atomic mass is 16.5. The molecule has 0 aromatic heterocycles. The molecule has 0 saturated heterocycles. The van der Waals surface area contributed by atoms with E-state index in [1.54, 1.807) is 7.05 Å². The first kappa shape index (κ1) is 13.7. The summed E-state index contributed by atoms with van der Waals surface area (Å²) in [6.45, 7) is 4.26. The summed E-state index contributed by atoms with van der Waals surface area (Å²) in [6.07, 6.45) is 0. The Labute approximate surface area is 102 Å². The van der Waals surface area contributed by atoms with Crippen molar-refractivity contribution >= 4 is 5.91 Å². The van der Waals surface area contributed by atoms with Gasteiger partial charge >= 0.3 is 0 Å². The second-order valence-electron chi connectivity index (χ2n) is 3.76. The van der Waals surface area contributed by atoms with Gasteiger partial charge in [-0.05, 0) is 25.1 Å². The van der Waals surface area contributed by atoms with E-state index in [9.17, 15) is 4.79 Å². The minimum absolute atomic E-state index is 0.00546. The minimum atomic E-state index is 0.00546. The molecule has 0 saturated carbocycles. The Kier molecular flexibility index (Phi) is 6.29. The van der Waals surface area contributed by atoms with E-state index in [4.69, 9.17) is 4.74 Å². The molecule has 0 heterocycles. The first-order valence-corrected chi connectivity index (χ1v) is 5.83. The van der Waals surface area contributed by atoms with Crippen molar-refractivity contribution in [1.29, 1.82) is 0 Å². The Morgan fingerprint density at radius 3 is 2.47 bits per heavy atom. The third-order valence-electron chi connectivity index (χ3n) is 2.32. The lowest BCUT2D eigenvalue weighted by Crippen LogP contribution is -2.31. The van der Waals surface area contributed by atoms with Crippen LogP contribution in [-0.4, -0.2) is 26.1 Å². The van der Waals surface area contributed by atoms with E-state index >= 15 is 0 Å². The average molecular weight is 236 g/mol. The summed E-state index contributed by atoms with van der Waals surface area (Å²) in [7, 11) is 1.75. The second kappa shape index (κ2) is 7.81. The van der Waals surface area contributed by atoms with Crippen molar-refractivity contribution < 1.29 is 9.53 Å². The molecule has 0 unspecified atom stereocenters. The lowest BCUT2D eigenvalue weighted by molar-refractivity contribution is -0.120. The van der Waals surface area contributed by atoms with E-state index in [2.05, 4.69) is 10.6 Å². The Morgan fingerprint density at radius 1 is 1.24 bits per heavy atom. The molecule has 0 aliphatic carbocycles. The van der Waals surface area contributed by atoms with Crippen LogP contribution >= 0.6 is 0 Å². The van der Waals surface area contributed by atoms with Gasteiger partial charge in [-0.1, -0.05) is 24.3 Å². The molecule has 0 fully saturated rings. The van der Waals surface area contributed by atoms with Gasteiger partial charge in [0, 0.05) is 13.2 Å². The molecule has 0 radical (unpaired) electrons. The average Bonchev–Trinajstić information content (AvgIpc) is 2.35. The summed E-state index contributed by atoms with van der Waals surface area (Å²) in [4.78, 5) is 11.2. The van der Waals surface area contributed by atoms with Crippen molar-refractivity contribution in [2.45, 2.75) is 20.1 Å². The number of hydrogen-bond donors (Lipinski definition) is 2. The predicted molar refractivity (Wildman–Crippen MR) is 67.5 cm³/mol. The molecule has 17 heavy (non-hydrogen) atoms. The highest BCUT2D eigenvalue weighted by Gasteiger charge is 1.99. The summed E-state index contributed by atoms with van der Waals surface area (Å²) in [6, 6.07) is 8.06. The number of rotatable bonds is 7. The fourth-order valence-corrected chi connectivity index (χ4v) is 1.40. The predicted octanol–water partition coefficient (Wildman–Crippen LogP) is 1.06. The molecule has 94 valence electrons. The standard InChI is InChI=1S/C13H20N2O2/c1-3-17-10-12-6-4-11(5-7-12)8-15-13(16)9-14-2/h4-7,14H,3,8-10H2,1-2H3,(H,15,16). The maximum atomic E-state index is 11.2. The van der Waals surface area contributed by atoms with Crippen LogP contribution in [0.4, 0.5) is 0 Å². The SMILES string of the molecule is CCOCc1ccc(CNC(=O)CNC)cc1. The van der Waals surface area contributed by atoms with Crippen molar-refractivity contribution in [1.82, 2.24) is 10.6 Å². The fraction of sp³-hybridized carbons (Fsp3) is 0.462. The quantitative estimate of drug-likeness (QED) is 0.744. The molecule has 4 heteroatoms. The summed E-state index contributed by atoms with van der Waals surface area (Å²) in [5, 5.41) is 5.64. The molecule has 1 aromatic carbocycles. The zero-order chi connectivity index (χ0) is 12.5. The maximum absolute atomic E-state index is 11.2. The maximum Gasteiger partial charge on any atom is 0.234 e. The number of carbonyl (C=O) groups is 1. The van der Waals surface area contributed by atoms with E-state index in [-0.39, 0.29) is 5.91 Å². The molecule has 0 spiro atoms. The van der Waals surface area contributed by atoms with Crippen molar-refractivity contribution in [3.05, 3.63) is 35.4 Å². The molecular weight excluding hydrogens is 216 g/mol. The highest BCUT2D eigenvalue weighted by Crippen LogP contribution is 2.05. The third kappa shape index (κ3) is 5.47. The van der Waals surface area contributed by atoms with Crippen LogP contribution in [0.5, 0.6) is 0 Å². The fourth-order valence-electron chi connectivity index (χ4n) is 1.40. The van der Waals surface area contributed by atoms with Gasteiger partial charge in [0.05, 0.1) is 13.2 Å². The van der Waals surface area contributed by atoms with Gasteiger partial charge in [0.25, 0.3) is 0 Å². The van der Waals surface area contributed by atoms with Gasteiger partial charge in [-0.2, -0.15) is 0 Å². The van der Waals surface area contributed by atoms with Crippen molar-refractivity contribution in [3.63, 3.8) is 0 Å². The van der Waals surface area contributed by atoms with Crippen LogP contribution < -0.4 is 10.6 Å². The van der Waals surface area contributed by atoms with Gasteiger partial charge < -0.3 is 15.4 Å². The van der Waals surface area contributed by atoms with Gasteiger partial charge in [0.2, 0.25) is 5.91 Å². The summed E-state index contributed by atoms with van der Waals surface area (Å²) < 4.78 is 5.31. The number of carbonyl (C=O) groups excluding carboxylic acids is 1. The summed E-state index contributed by atoms with van der Waals surface area (Å²) in [5.74, 6) is 0.00546. The largest absolute Gasteiger partial charge is 0.377 e. The Bertz CT molecular complexity index is 336. The lowest BCUT2D eigenvalue weighted by atomic mass is 10.1. The van der Waals surface area contributed by atoms with Crippen molar-refractivity contribution in [2.75, 3.05) is 20.2 Å². The lowest BCUT2D eigenvalue weighted by Gasteiger charge is -2.06. The molecule has 0 aliphatic heterocycles. The van der Waals surface area contributed by atoms with Gasteiger partial charge in [0.1, 0.15) is 0 Å². The van der Waals surface area contributed by atoms with Crippen LogP contribution in [0.15, 0.2) is 24.3 Å². The Hall–Kier alpha value is -1.39. The molecule has 0 aliphatic rings. The Balaban J connectivity index is 2.37. The van der Waals surface area contributed by atoms with E-state index in [1.165, 1.54) is 0 Å². The Morgan fingerprint density at radius 2 is 1.88 bits per heavy atom. The molecule has 4 nitrogen and oxygen atoms in total. The molecule has 1 amide bonds. The summed E-state index contributed by atoms with van der Waals surface area (Å²) in [5.41, 5.74) is 2.24. The monoisotopic (exact) mass is 236 g/mol. The van der Waals surface area contributed by atoms with Gasteiger partial charge in [-0.25, -0.2) is 0 Å². The van der Waals surface area contributed by atoms with Crippen LogP contribution in [0.1, 0.15) is 18.1 Å². The number of hydrogen-bond acceptors (Lipinski definition) is 3. The zero-order valence-corrected chi connectivity index (χ0v) is 10.5. The zero-order valence-electron chi connectivity index (χ0n) is 10.5. The van der Waals surface area contributed by atoms with E-state index in [0.717, 1.165) is 17.7 Å². The highest BCUT2D eigenvalue weighted by molar-refractivity contribution is 5.77. The first-order valence-electron chi connectivity index (χ1n) is 5.83. The van der Waals surface area contributed by atoms with Crippen LogP contribution in [0.2, 0.25) is 0 Å². The van der Waals surface area contributed by atoms with Gasteiger partial charge in [0.15, 0.2) is 0 Å². The van der Waals surface area contributed by atoms with Crippen molar-refractivity contribution in [2.24, 2.45) is 0 Å². The van der Waals surface area contributed by atoms with E-state index in [1.807, 2.05) is 31.2 Å². The van der Waals surface area contributed by atoms with Crippen LogP contribution in [0.25, 0.3) is 0 Å². The smallest absolute Gasteiger partial charge is 0.234 e. The molecule has 1 aromatic rings. The number of benzene rings is 1. The second-order valence-corrected chi connectivity index (χ2v) is 3.76. The third-order valence-corrected chi connectivity index (χ3v) is 2.32. The van der Waals surface area contributed by atoms with Gasteiger partial charge in [-0.15, -0.1) is 0 Å². The van der Waals surface area contributed by atoms with Crippen molar-refractivity contribution in [3.8, 4) is 0 Å². The van der Waals surface area contributed by atoms with E-state index < -0.39 is 0 Å². The molecular formula is C13H20N2O2. The number of ether oxygens (including phenoxy) is 1. The van der Waals surface area contributed by atoms with Crippen LogP contribution in [0, 0.1) is 0 Å². The molecule has 1 rings (SSSR count). The number of likely N-dealkylation sites (N-methyl/N-ethyl adjacent to an activating group) is 1. The molecule has 0 bridgehead atoms. The molecule has 0 atom stereocenters. The van der Waals surface area contributed by atoms with Crippen LogP contribution in [0.3, 0.4) is 0 Å². The first-order chi connectivity index (χ1) is 8.26. The number of nitrogens with one attached hydrogen (secondary N) is 2. The number of amides is 1. The normalized spacial score (nSPS) is 10.2. The molecule has 2 N–H and O–H groups in total. The van der Waals surface area contributed by atoms with Gasteiger partial charge in [-0.3, -0.25) is 4.79 Å². The minimum Gasteiger partial charge on any atom is -0.377 e. The van der Waals surface area contributed by atoms with E-state index in [0.29, 0.717) is 19.7 Å².